The topological polar surface area (TPSA) is 88.8 Å². The Balaban J connectivity index is 0.00000159. The molecule has 0 heterocycles. The highest BCUT2D eigenvalue weighted by Gasteiger charge is 2.05. The summed E-state index contributed by atoms with van der Waals surface area (Å²) >= 11 is 0. The zero-order chi connectivity index (χ0) is 27.2. The first-order valence-corrected chi connectivity index (χ1v) is 12.0. The van der Waals surface area contributed by atoms with Gasteiger partial charge in [-0.25, -0.2) is 0 Å². The van der Waals surface area contributed by atoms with Crippen LogP contribution in [0.25, 0.3) is 6.08 Å². The molecule has 0 aliphatic rings. The van der Waals surface area contributed by atoms with Crippen molar-refractivity contribution in [2.75, 3.05) is 13.7 Å². The summed E-state index contributed by atoms with van der Waals surface area (Å²) in [5.41, 5.74) is 3.37. The number of nitrogens with one attached hydrogen (secondary N) is 1. The average molecular weight is 494 g/mol. The van der Waals surface area contributed by atoms with Gasteiger partial charge in [-0.2, -0.15) is 0 Å². The molecule has 2 N–H and O–H groups in total. The first-order chi connectivity index (χ1) is 17.6. The van der Waals surface area contributed by atoms with Crippen LogP contribution < -0.4 is 14.2 Å². The van der Waals surface area contributed by atoms with Crippen molar-refractivity contribution in [2.24, 2.45) is 0 Å². The van der Waals surface area contributed by atoms with Crippen LogP contribution in [-0.4, -0.2) is 31.0 Å². The van der Waals surface area contributed by atoms with Crippen LogP contribution in [-0.2, 0) is 11.4 Å². The Morgan fingerprint density at radius 1 is 0.889 bits per heavy atom. The van der Waals surface area contributed by atoms with Crippen LogP contribution >= 0.6 is 0 Å². The fraction of sp³-hybridized carbons (Fsp3) is 0.267. The number of hydrogen-bond acceptors (Lipinski definition) is 5. The second kappa shape index (κ2) is 20.3. The number of benzene rings is 3. The molecule has 36 heavy (non-hydrogen) atoms. The van der Waals surface area contributed by atoms with Gasteiger partial charge in [-0.1, -0.05) is 82.3 Å². The Bertz CT molecular complexity index is 1020. The molecular weight excluding hydrogens is 454 g/mol. The molecule has 3 rings (SSSR count). The predicted molar refractivity (Wildman–Crippen MR) is 149 cm³/mol. The number of carboxylic acid groups (broad SMARTS) is 1. The molecule has 6 nitrogen and oxygen atoms in total. The lowest BCUT2D eigenvalue weighted by Gasteiger charge is -2.11. The number of allylic oxidation sites excluding steroid dienone is 1. The van der Waals surface area contributed by atoms with Gasteiger partial charge in [0.1, 0.15) is 30.5 Å². The van der Waals surface area contributed by atoms with Crippen LogP contribution in [0.15, 0.2) is 78.9 Å². The van der Waals surface area contributed by atoms with Gasteiger partial charge in [0, 0.05) is 11.6 Å². The van der Waals surface area contributed by atoms with Crippen molar-refractivity contribution in [3.63, 3.8) is 0 Å². The molecule has 0 atom stereocenters. The van der Waals surface area contributed by atoms with Crippen LogP contribution in [0.2, 0.25) is 0 Å². The van der Waals surface area contributed by atoms with Gasteiger partial charge < -0.3 is 24.7 Å². The SMILES string of the molecule is C/C=C/c1ccc(OCc2ccc(OCC(=N)c3ccccc3)cc2)cc1OC.CC.CC.O=CO. The van der Waals surface area contributed by atoms with Crippen LogP contribution in [0, 0.1) is 5.41 Å². The number of carbonyl (C=O) groups is 1. The van der Waals surface area contributed by atoms with E-state index in [9.17, 15) is 0 Å². The van der Waals surface area contributed by atoms with Crippen LogP contribution in [0.1, 0.15) is 51.3 Å². The maximum absolute atomic E-state index is 8.36. The summed E-state index contributed by atoms with van der Waals surface area (Å²) in [4.78, 5) is 8.36. The summed E-state index contributed by atoms with van der Waals surface area (Å²) in [7, 11) is 1.66. The summed E-state index contributed by atoms with van der Waals surface area (Å²) in [5.74, 6) is 2.27. The molecule has 0 fully saturated rings. The summed E-state index contributed by atoms with van der Waals surface area (Å²) in [6.07, 6.45) is 3.97. The third kappa shape index (κ3) is 11.9. The Morgan fingerprint density at radius 3 is 2.03 bits per heavy atom. The minimum absolute atomic E-state index is 0.234. The van der Waals surface area contributed by atoms with E-state index in [0.717, 1.165) is 33.9 Å². The molecule has 194 valence electrons. The summed E-state index contributed by atoms with van der Waals surface area (Å²) in [6, 6.07) is 23.1. The molecule has 0 unspecified atom stereocenters. The van der Waals surface area contributed by atoms with E-state index in [0.29, 0.717) is 12.3 Å². The standard InChI is InChI=1S/C25H25NO3.2C2H6.CH2O2/c1-3-7-21-12-15-23(16-25(21)27-2)28-17-19-10-13-22(14-11-19)29-18-24(26)20-8-5-4-6-9-20;2*1-2;2-1-3/h3-16,26H,17-18H2,1-2H3;2*1-2H3;1H,(H,2,3)/b7-3+,26-24?;;;. The van der Waals surface area contributed by atoms with E-state index in [1.807, 2.05) is 120 Å². The number of methoxy groups -OCH3 is 1. The lowest BCUT2D eigenvalue weighted by molar-refractivity contribution is -0.122. The van der Waals surface area contributed by atoms with Crippen molar-refractivity contribution < 1.29 is 24.1 Å². The van der Waals surface area contributed by atoms with E-state index >= 15 is 0 Å². The molecule has 0 aliphatic carbocycles. The van der Waals surface area contributed by atoms with E-state index in [1.54, 1.807) is 7.11 Å². The van der Waals surface area contributed by atoms with Gasteiger partial charge in [0.05, 0.1) is 12.8 Å². The molecule has 0 bridgehead atoms. The van der Waals surface area contributed by atoms with Gasteiger partial charge in [0.25, 0.3) is 6.47 Å². The quantitative estimate of drug-likeness (QED) is 0.238. The highest BCUT2D eigenvalue weighted by atomic mass is 16.5. The maximum atomic E-state index is 8.36. The molecule has 0 spiro atoms. The zero-order valence-corrected chi connectivity index (χ0v) is 22.2. The first-order valence-electron chi connectivity index (χ1n) is 12.0. The van der Waals surface area contributed by atoms with E-state index in [4.69, 9.17) is 29.5 Å². The van der Waals surface area contributed by atoms with Crippen molar-refractivity contribution in [1.29, 1.82) is 5.41 Å². The lowest BCUT2D eigenvalue weighted by Crippen LogP contribution is -2.11. The second-order valence-electron chi connectivity index (χ2n) is 6.58. The number of rotatable bonds is 9. The third-order valence-corrected chi connectivity index (χ3v) is 4.39. The Labute approximate surface area is 215 Å². The zero-order valence-electron chi connectivity index (χ0n) is 22.2. The van der Waals surface area contributed by atoms with Crippen molar-refractivity contribution in [3.8, 4) is 17.2 Å². The monoisotopic (exact) mass is 493 g/mol. The van der Waals surface area contributed by atoms with Crippen LogP contribution in [0.3, 0.4) is 0 Å². The van der Waals surface area contributed by atoms with Crippen molar-refractivity contribution in [3.05, 3.63) is 95.6 Å². The molecule has 0 radical (unpaired) electrons. The van der Waals surface area contributed by atoms with E-state index in [-0.39, 0.29) is 13.1 Å². The fourth-order valence-corrected chi connectivity index (χ4v) is 2.83. The predicted octanol–water partition coefficient (Wildman–Crippen LogP) is 7.51. The van der Waals surface area contributed by atoms with Gasteiger partial charge in [-0.05, 0) is 42.3 Å². The molecule has 0 amide bonds. The second-order valence-corrected chi connectivity index (χ2v) is 6.58. The van der Waals surface area contributed by atoms with Gasteiger partial charge in [0.2, 0.25) is 0 Å². The molecule has 3 aromatic carbocycles. The normalized spacial score (nSPS) is 9.28. The molecule has 0 aromatic heterocycles. The Kier molecular flexibility index (Phi) is 18.0. The third-order valence-electron chi connectivity index (χ3n) is 4.39. The number of hydrogen-bond donors (Lipinski definition) is 2. The summed E-state index contributed by atoms with van der Waals surface area (Å²) in [6.45, 7) is 10.4. The van der Waals surface area contributed by atoms with E-state index in [2.05, 4.69) is 0 Å². The van der Waals surface area contributed by atoms with Gasteiger partial charge in [-0.15, -0.1) is 0 Å². The maximum Gasteiger partial charge on any atom is 0.290 e. The highest BCUT2D eigenvalue weighted by molar-refractivity contribution is 5.99. The Morgan fingerprint density at radius 2 is 1.47 bits per heavy atom. The largest absolute Gasteiger partial charge is 0.496 e. The smallest absolute Gasteiger partial charge is 0.290 e. The van der Waals surface area contributed by atoms with Gasteiger partial charge >= 0.3 is 0 Å². The minimum Gasteiger partial charge on any atom is -0.496 e. The van der Waals surface area contributed by atoms with E-state index < -0.39 is 0 Å². The molecule has 0 saturated heterocycles. The summed E-state index contributed by atoms with van der Waals surface area (Å²) < 4.78 is 17.0. The molecule has 0 saturated carbocycles. The first kappa shape index (κ1) is 31.9. The van der Waals surface area contributed by atoms with Gasteiger partial charge in [-0.3, -0.25) is 4.79 Å². The van der Waals surface area contributed by atoms with Crippen LogP contribution in [0.5, 0.6) is 17.2 Å². The molecular formula is C30H39NO5. The molecule has 0 aliphatic heterocycles. The lowest BCUT2D eigenvalue weighted by atomic mass is 10.1. The van der Waals surface area contributed by atoms with Crippen molar-refractivity contribution in [2.45, 2.75) is 41.2 Å². The van der Waals surface area contributed by atoms with E-state index in [1.165, 1.54) is 0 Å². The minimum atomic E-state index is -0.250. The fourth-order valence-electron chi connectivity index (χ4n) is 2.83. The average Bonchev–Trinajstić information content (AvgIpc) is 2.95. The number of ether oxygens (including phenoxy) is 3. The Hall–Kier alpha value is -4.06. The van der Waals surface area contributed by atoms with Crippen LogP contribution in [0.4, 0.5) is 0 Å². The van der Waals surface area contributed by atoms with Crippen molar-refractivity contribution in [1.82, 2.24) is 0 Å². The molecule has 6 heteroatoms. The molecule has 3 aromatic rings. The highest BCUT2D eigenvalue weighted by Crippen LogP contribution is 2.26. The summed E-state index contributed by atoms with van der Waals surface area (Å²) in [5, 5.41) is 15.0. The van der Waals surface area contributed by atoms with Gasteiger partial charge in [0.15, 0.2) is 0 Å². The van der Waals surface area contributed by atoms with Crippen molar-refractivity contribution >= 4 is 18.3 Å².